The van der Waals surface area contributed by atoms with Crippen molar-refractivity contribution >= 4 is 38.9 Å². The molecule has 0 saturated carbocycles. The minimum Gasteiger partial charge on any atom is -0.383 e. The zero-order valence-electron chi connectivity index (χ0n) is 8.88. The molecule has 1 aromatic carbocycles. The Morgan fingerprint density at radius 3 is 2.71 bits per heavy atom. The Bertz CT molecular complexity index is 555. The highest BCUT2D eigenvalue weighted by Crippen LogP contribution is 2.36. The molecule has 5 heteroatoms. The van der Waals surface area contributed by atoms with Gasteiger partial charge in [-0.15, -0.1) is 11.3 Å². The van der Waals surface area contributed by atoms with Gasteiger partial charge in [-0.3, -0.25) is 0 Å². The SMILES string of the molecule is Cc1cc(Br)c(C(O)c2cc(Cl)ccc2F)s1. The highest BCUT2D eigenvalue weighted by Gasteiger charge is 2.20. The fourth-order valence-corrected chi connectivity index (χ4v) is 3.61. The van der Waals surface area contributed by atoms with Crippen LogP contribution in [0.15, 0.2) is 28.7 Å². The van der Waals surface area contributed by atoms with Crippen LogP contribution in [0.3, 0.4) is 0 Å². The summed E-state index contributed by atoms with van der Waals surface area (Å²) in [5.41, 5.74) is 0.194. The van der Waals surface area contributed by atoms with Crippen LogP contribution in [0.1, 0.15) is 21.4 Å². The van der Waals surface area contributed by atoms with Gasteiger partial charge in [0.25, 0.3) is 0 Å². The van der Waals surface area contributed by atoms with Gasteiger partial charge in [0.15, 0.2) is 0 Å². The summed E-state index contributed by atoms with van der Waals surface area (Å²) in [5, 5.41) is 10.6. The first kappa shape index (κ1) is 13.0. The lowest BCUT2D eigenvalue weighted by atomic mass is 10.1. The molecular weight excluding hydrogens is 327 g/mol. The van der Waals surface area contributed by atoms with Crippen molar-refractivity contribution in [2.75, 3.05) is 0 Å². The number of hydrogen-bond donors (Lipinski definition) is 1. The predicted molar refractivity (Wildman–Crippen MR) is 72.2 cm³/mol. The number of rotatable bonds is 2. The van der Waals surface area contributed by atoms with E-state index in [0.29, 0.717) is 9.90 Å². The molecule has 0 aliphatic carbocycles. The maximum Gasteiger partial charge on any atom is 0.129 e. The molecule has 1 aromatic heterocycles. The molecule has 1 unspecified atom stereocenters. The van der Waals surface area contributed by atoms with Gasteiger partial charge in [-0.2, -0.15) is 0 Å². The lowest BCUT2D eigenvalue weighted by molar-refractivity contribution is 0.218. The van der Waals surface area contributed by atoms with Crippen molar-refractivity contribution in [1.82, 2.24) is 0 Å². The molecule has 1 atom stereocenters. The van der Waals surface area contributed by atoms with Gasteiger partial charge in [-0.05, 0) is 47.1 Å². The van der Waals surface area contributed by atoms with Gasteiger partial charge in [0.05, 0.1) is 4.88 Å². The number of hydrogen-bond acceptors (Lipinski definition) is 2. The molecule has 0 aliphatic rings. The van der Waals surface area contributed by atoms with E-state index in [4.69, 9.17) is 11.6 Å². The normalized spacial score (nSPS) is 12.8. The van der Waals surface area contributed by atoms with Crippen molar-refractivity contribution in [3.8, 4) is 0 Å². The van der Waals surface area contributed by atoms with Gasteiger partial charge in [0.1, 0.15) is 11.9 Å². The molecule has 1 heterocycles. The van der Waals surface area contributed by atoms with Crippen molar-refractivity contribution < 1.29 is 9.50 Å². The van der Waals surface area contributed by atoms with E-state index in [9.17, 15) is 9.50 Å². The van der Waals surface area contributed by atoms with E-state index in [1.165, 1.54) is 29.5 Å². The Hall–Kier alpha value is -0.420. The Kier molecular flexibility index (Phi) is 3.88. The van der Waals surface area contributed by atoms with E-state index in [-0.39, 0.29) is 5.56 Å². The maximum atomic E-state index is 13.6. The Morgan fingerprint density at radius 1 is 1.41 bits per heavy atom. The number of aryl methyl sites for hydroxylation is 1. The third-order valence-corrected chi connectivity index (χ3v) is 4.59. The highest BCUT2D eigenvalue weighted by atomic mass is 79.9. The van der Waals surface area contributed by atoms with Crippen molar-refractivity contribution in [3.05, 3.63) is 54.9 Å². The highest BCUT2D eigenvalue weighted by molar-refractivity contribution is 9.10. The molecule has 0 bridgehead atoms. The quantitative estimate of drug-likeness (QED) is 0.844. The van der Waals surface area contributed by atoms with Gasteiger partial charge in [0.2, 0.25) is 0 Å². The number of benzene rings is 1. The number of aliphatic hydroxyl groups excluding tert-OH is 1. The number of aliphatic hydroxyl groups is 1. The number of halogens is 3. The van der Waals surface area contributed by atoms with Crippen LogP contribution in [-0.2, 0) is 0 Å². The first-order valence-corrected chi connectivity index (χ1v) is 6.86. The first-order chi connectivity index (χ1) is 7.99. The van der Waals surface area contributed by atoms with Gasteiger partial charge in [-0.1, -0.05) is 11.6 Å². The van der Waals surface area contributed by atoms with Gasteiger partial charge >= 0.3 is 0 Å². The summed E-state index contributed by atoms with van der Waals surface area (Å²) in [5.74, 6) is -0.458. The summed E-state index contributed by atoms with van der Waals surface area (Å²) < 4.78 is 14.4. The standard InChI is InChI=1S/C12H9BrClFOS/c1-6-4-9(13)12(17-6)11(16)8-5-7(14)2-3-10(8)15/h2-5,11,16H,1H3. The average Bonchev–Trinajstić information content (AvgIpc) is 2.60. The first-order valence-electron chi connectivity index (χ1n) is 4.88. The van der Waals surface area contributed by atoms with Crippen LogP contribution < -0.4 is 0 Å². The summed E-state index contributed by atoms with van der Waals surface area (Å²) in [6, 6.07) is 6.06. The van der Waals surface area contributed by atoms with Gasteiger partial charge < -0.3 is 5.11 Å². The molecule has 90 valence electrons. The van der Waals surface area contributed by atoms with Gasteiger partial charge in [0, 0.05) is 19.9 Å². The summed E-state index contributed by atoms with van der Waals surface area (Å²) in [7, 11) is 0. The number of thiophene rings is 1. The van der Waals surface area contributed by atoms with Crippen molar-refractivity contribution in [2.45, 2.75) is 13.0 Å². The molecule has 1 N–H and O–H groups in total. The van der Waals surface area contributed by atoms with Crippen LogP contribution in [0, 0.1) is 12.7 Å². The Morgan fingerprint density at radius 2 is 2.12 bits per heavy atom. The summed E-state index contributed by atoms with van der Waals surface area (Å²) in [6.45, 7) is 1.93. The van der Waals surface area contributed by atoms with Crippen LogP contribution in [0.5, 0.6) is 0 Å². The molecule has 2 aromatic rings. The smallest absolute Gasteiger partial charge is 0.129 e. The Labute approximate surface area is 116 Å². The van der Waals surface area contributed by atoms with E-state index >= 15 is 0 Å². The summed E-state index contributed by atoms with van der Waals surface area (Å²) in [4.78, 5) is 1.73. The van der Waals surface area contributed by atoms with Crippen LogP contribution in [-0.4, -0.2) is 5.11 Å². The molecule has 0 radical (unpaired) electrons. The monoisotopic (exact) mass is 334 g/mol. The van der Waals surface area contributed by atoms with Crippen LogP contribution in [0.2, 0.25) is 5.02 Å². The zero-order valence-corrected chi connectivity index (χ0v) is 12.0. The summed E-state index contributed by atoms with van der Waals surface area (Å²) >= 11 is 10.6. The third kappa shape index (κ3) is 2.71. The second-order valence-corrected chi connectivity index (χ2v) is 6.22. The molecule has 0 amide bonds. The van der Waals surface area contributed by atoms with Crippen LogP contribution in [0.25, 0.3) is 0 Å². The average molecular weight is 336 g/mol. The largest absolute Gasteiger partial charge is 0.383 e. The Balaban J connectivity index is 2.46. The van der Waals surface area contributed by atoms with Crippen LogP contribution >= 0.6 is 38.9 Å². The van der Waals surface area contributed by atoms with Crippen molar-refractivity contribution in [1.29, 1.82) is 0 Å². The van der Waals surface area contributed by atoms with Crippen molar-refractivity contribution in [3.63, 3.8) is 0 Å². The molecule has 0 saturated heterocycles. The molecule has 0 aliphatic heterocycles. The fraction of sp³-hybridized carbons (Fsp3) is 0.167. The van der Waals surface area contributed by atoms with E-state index in [1.54, 1.807) is 0 Å². The zero-order chi connectivity index (χ0) is 12.6. The van der Waals surface area contributed by atoms with E-state index in [0.717, 1.165) is 9.35 Å². The molecular formula is C12H9BrClFOS. The lowest BCUT2D eigenvalue weighted by Crippen LogP contribution is -2.01. The topological polar surface area (TPSA) is 20.2 Å². The lowest BCUT2D eigenvalue weighted by Gasteiger charge is -2.11. The molecule has 2 rings (SSSR count). The fourth-order valence-electron chi connectivity index (χ4n) is 1.55. The van der Waals surface area contributed by atoms with E-state index in [1.807, 2.05) is 13.0 Å². The minimum atomic E-state index is -0.998. The molecule has 0 fully saturated rings. The van der Waals surface area contributed by atoms with Crippen LogP contribution in [0.4, 0.5) is 4.39 Å². The molecule has 0 spiro atoms. The van der Waals surface area contributed by atoms with E-state index in [2.05, 4.69) is 15.9 Å². The summed E-state index contributed by atoms with van der Waals surface area (Å²) in [6.07, 6.45) is -0.998. The van der Waals surface area contributed by atoms with E-state index < -0.39 is 11.9 Å². The van der Waals surface area contributed by atoms with Crippen molar-refractivity contribution in [2.24, 2.45) is 0 Å². The minimum absolute atomic E-state index is 0.194. The second-order valence-electron chi connectivity index (χ2n) is 3.64. The predicted octanol–water partition coefficient (Wildman–Crippen LogP) is 4.69. The molecule has 17 heavy (non-hydrogen) atoms. The second kappa shape index (κ2) is 5.06. The third-order valence-electron chi connectivity index (χ3n) is 2.34. The maximum absolute atomic E-state index is 13.6. The molecule has 1 nitrogen and oxygen atoms in total. The van der Waals surface area contributed by atoms with Gasteiger partial charge in [-0.25, -0.2) is 4.39 Å².